The van der Waals surface area contributed by atoms with E-state index in [0.717, 1.165) is 37.0 Å². The lowest BCUT2D eigenvalue weighted by molar-refractivity contribution is 0.229. The molecule has 0 saturated carbocycles. The molecular formula is C21H30N4O2. The second kappa shape index (κ2) is 11.1. The number of aromatic nitrogens is 1. The van der Waals surface area contributed by atoms with Gasteiger partial charge in [0.15, 0.2) is 5.96 Å². The molecule has 0 fully saturated rings. The Morgan fingerprint density at radius 3 is 2.78 bits per heavy atom. The second-order valence-electron chi connectivity index (χ2n) is 6.31. The third kappa shape index (κ3) is 7.17. The number of aliphatic imine (C=N–C) groups is 1. The minimum atomic E-state index is -0.0463. The van der Waals surface area contributed by atoms with E-state index in [1.807, 2.05) is 43.6 Å². The molecule has 1 atom stereocenters. The van der Waals surface area contributed by atoms with Gasteiger partial charge in [0.2, 0.25) is 0 Å². The van der Waals surface area contributed by atoms with E-state index in [1.165, 1.54) is 11.1 Å². The summed E-state index contributed by atoms with van der Waals surface area (Å²) in [4.78, 5) is 8.76. The third-order valence-electron chi connectivity index (χ3n) is 4.05. The van der Waals surface area contributed by atoms with Gasteiger partial charge in [-0.2, -0.15) is 0 Å². The largest absolute Gasteiger partial charge is 0.497 e. The van der Waals surface area contributed by atoms with Crippen molar-refractivity contribution >= 4 is 5.96 Å². The monoisotopic (exact) mass is 370 g/mol. The molecule has 0 aliphatic rings. The number of ether oxygens (including phenoxy) is 2. The molecule has 27 heavy (non-hydrogen) atoms. The van der Waals surface area contributed by atoms with Crippen LogP contribution in [-0.4, -0.2) is 43.8 Å². The summed E-state index contributed by atoms with van der Waals surface area (Å²) >= 11 is 0. The van der Waals surface area contributed by atoms with Crippen molar-refractivity contribution in [2.75, 3.05) is 26.7 Å². The highest BCUT2D eigenvalue weighted by Gasteiger charge is 2.06. The van der Waals surface area contributed by atoms with Gasteiger partial charge in [0.25, 0.3) is 0 Å². The molecule has 0 aliphatic carbocycles. The number of guanidine groups is 1. The smallest absolute Gasteiger partial charge is 0.191 e. The predicted octanol–water partition coefficient (Wildman–Crippen LogP) is 2.96. The Morgan fingerprint density at radius 2 is 2.04 bits per heavy atom. The number of pyridine rings is 1. The number of methoxy groups -OCH3 is 1. The maximum absolute atomic E-state index is 5.93. The maximum atomic E-state index is 5.93. The van der Waals surface area contributed by atoms with E-state index < -0.39 is 0 Å². The molecule has 146 valence electrons. The fraction of sp³-hybridized carbons (Fsp3) is 0.429. The van der Waals surface area contributed by atoms with Crippen LogP contribution in [-0.2, 0) is 6.42 Å². The SMILES string of the molecule is CCNC(=NCC(C)Oc1cccc(OC)c1)NCCc1ccncc1C. The Bertz CT molecular complexity index is 734. The summed E-state index contributed by atoms with van der Waals surface area (Å²) in [6, 6.07) is 9.67. The molecule has 0 amide bonds. The first kappa shape index (κ1) is 20.6. The molecule has 6 heteroatoms. The van der Waals surface area contributed by atoms with Crippen LogP contribution in [0, 0.1) is 6.92 Å². The molecule has 0 aliphatic heterocycles. The van der Waals surface area contributed by atoms with Crippen molar-refractivity contribution in [3.8, 4) is 11.5 Å². The summed E-state index contributed by atoms with van der Waals surface area (Å²) in [5.74, 6) is 2.36. The van der Waals surface area contributed by atoms with Gasteiger partial charge in [-0.1, -0.05) is 6.07 Å². The van der Waals surface area contributed by atoms with Crippen molar-refractivity contribution in [2.45, 2.75) is 33.3 Å². The number of nitrogens with zero attached hydrogens (tertiary/aromatic N) is 2. The first-order chi connectivity index (χ1) is 13.1. The van der Waals surface area contributed by atoms with Gasteiger partial charge in [0, 0.05) is 31.5 Å². The fourth-order valence-corrected chi connectivity index (χ4v) is 2.60. The highest BCUT2D eigenvalue weighted by molar-refractivity contribution is 5.79. The first-order valence-corrected chi connectivity index (χ1v) is 9.34. The molecule has 1 unspecified atom stereocenters. The molecule has 0 radical (unpaired) electrons. The van der Waals surface area contributed by atoms with Crippen LogP contribution in [0.5, 0.6) is 11.5 Å². The Labute approximate surface area is 162 Å². The first-order valence-electron chi connectivity index (χ1n) is 9.34. The van der Waals surface area contributed by atoms with E-state index in [1.54, 1.807) is 7.11 Å². The van der Waals surface area contributed by atoms with Crippen LogP contribution in [0.3, 0.4) is 0 Å². The summed E-state index contributed by atoms with van der Waals surface area (Å²) in [5, 5.41) is 6.65. The van der Waals surface area contributed by atoms with Gasteiger partial charge in [-0.05, 0) is 56.5 Å². The minimum absolute atomic E-state index is 0.0463. The molecule has 6 nitrogen and oxygen atoms in total. The molecule has 2 aromatic rings. The molecule has 2 rings (SSSR count). The van der Waals surface area contributed by atoms with Crippen molar-refractivity contribution in [1.82, 2.24) is 15.6 Å². The number of aryl methyl sites for hydroxylation is 1. The molecule has 0 spiro atoms. The summed E-state index contributed by atoms with van der Waals surface area (Å²) < 4.78 is 11.1. The molecule has 0 bridgehead atoms. The van der Waals surface area contributed by atoms with Gasteiger partial charge >= 0.3 is 0 Å². The van der Waals surface area contributed by atoms with Gasteiger partial charge in [0.1, 0.15) is 17.6 Å². The van der Waals surface area contributed by atoms with E-state index in [0.29, 0.717) is 6.54 Å². The average Bonchev–Trinajstić information content (AvgIpc) is 2.67. The molecule has 1 heterocycles. The lowest BCUT2D eigenvalue weighted by atomic mass is 10.1. The highest BCUT2D eigenvalue weighted by Crippen LogP contribution is 2.19. The Kier molecular flexibility index (Phi) is 8.42. The lowest BCUT2D eigenvalue weighted by Gasteiger charge is -2.16. The van der Waals surface area contributed by atoms with Gasteiger partial charge in [0.05, 0.1) is 13.7 Å². The standard InChI is InChI=1S/C21H30N4O2/c1-5-23-21(24-12-10-18-9-11-22-14-16(18)2)25-15-17(3)27-20-8-6-7-19(13-20)26-4/h6-9,11,13-14,17H,5,10,12,15H2,1-4H3,(H2,23,24,25). The van der Waals surface area contributed by atoms with Gasteiger partial charge in [-0.3, -0.25) is 4.98 Å². The van der Waals surface area contributed by atoms with Gasteiger partial charge in [-0.25, -0.2) is 4.99 Å². The van der Waals surface area contributed by atoms with Crippen LogP contribution in [0.15, 0.2) is 47.7 Å². The zero-order valence-corrected chi connectivity index (χ0v) is 16.7. The summed E-state index contributed by atoms with van der Waals surface area (Å²) in [6.07, 6.45) is 4.61. The summed E-state index contributed by atoms with van der Waals surface area (Å²) in [5.41, 5.74) is 2.50. The van der Waals surface area contributed by atoms with Crippen LogP contribution >= 0.6 is 0 Å². The van der Waals surface area contributed by atoms with E-state index in [4.69, 9.17) is 9.47 Å². The van der Waals surface area contributed by atoms with Crippen LogP contribution < -0.4 is 20.1 Å². The van der Waals surface area contributed by atoms with Crippen molar-refractivity contribution in [3.05, 3.63) is 53.9 Å². The second-order valence-corrected chi connectivity index (χ2v) is 6.31. The number of benzene rings is 1. The van der Waals surface area contributed by atoms with Crippen molar-refractivity contribution < 1.29 is 9.47 Å². The van der Waals surface area contributed by atoms with Gasteiger partial charge < -0.3 is 20.1 Å². The normalized spacial score (nSPS) is 12.4. The number of rotatable bonds is 9. The van der Waals surface area contributed by atoms with Crippen molar-refractivity contribution in [2.24, 2.45) is 4.99 Å². The Balaban J connectivity index is 1.85. The average molecular weight is 370 g/mol. The topological polar surface area (TPSA) is 67.8 Å². The number of nitrogens with one attached hydrogen (secondary N) is 2. The number of hydrogen-bond donors (Lipinski definition) is 2. The summed E-state index contributed by atoms with van der Waals surface area (Å²) in [6.45, 7) is 8.32. The van der Waals surface area contributed by atoms with E-state index in [2.05, 4.69) is 40.5 Å². The lowest BCUT2D eigenvalue weighted by Crippen LogP contribution is -2.39. The van der Waals surface area contributed by atoms with Gasteiger partial charge in [-0.15, -0.1) is 0 Å². The molecule has 1 aromatic carbocycles. The predicted molar refractivity (Wildman–Crippen MR) is 110 cm³/mol. The van der Waals surface area contributed by atoms with Crippen molar-refractivity contribution in [3.63, 3.8) is 0 Å². The summed E-state index contributed by atoms with van der Waals surface area (Å²) in [7, 11) is 1.65. The van der Waals surface area contributed by atoms with Crippen molar-refractivity contribution in [1.29, 1.82) is 0 Å². The van der Waals surface area contributed by atoms with Crippen LogP contribution in [0.25, 0.3) is 0 Å². The van der Waals surface area contributed by atoms with E-state index >= 15 is 0 Å². The Hall–Kier alpha value is -2.76. The maximum Gasteiger partial charge on any atom is 0.191 e. The molecule has 0 saturated heterocycles. The van der Waals surface area contributed by atoms with E-state index in [-0.39, 0.29) is 6.10 Å². The fourth-order valence-electron chi connectivity index (χ4n) is 2.60. The highest BCUT2D eigenvalue weighted by atomic mass is 16.5. The number of hydrogen-bond acceptors (Lipinski definition) is 4. The Morgan fingerprint density at radius 1 is 1.22 bits per heavy atom. The zero-order valence-electron chi connectivity index (χ0n) is 16.7. The molecule has 1 aromatic heterocycles. The molecule has 2 N–H and O–H groups in total. The van der Waals surface area contributed by atoms with Crippen LogP contribution in [0.4, 0.5) is 0 Å². The molecular weight excluding hydrogens is 340 g/mol. The van der Waals surface area contributed by atoms with Crippen LogP contribution in [0.2, 0.25) is 0 Å². The zero-order chi connectivity index (χ0) is 19.5. The quantitative estimate of drug-likeness (QED) is 0.525. The minimum Gasteiger partial charge on any atom is -0.497 e. The van der Waals surface area contributed by atoms with Crippen LogP contribution in [0.1, 0.15) is 25.0 Å². The van der Waals surface area contributed by atoms with E-state index in [9.17, 15) is 0 Å². The third-order valence-corrected chi connectivity index (χ3v) is 4.05.